The zero-order chi connectivity index (χ0) is 15.1. The second-order valence-corrected chi connectivity index (χ2v) is 6.52. The predicted molar refractivity (Wildman–Crippen MR) is 93.2 cm³/mol. The highest BCUT2D eigenvalue weighted by Gasteiger charge is 2.08. The Hall–Kier alpha value is -1.16. The van der Waals surface area contributed by atoms with Crippen molar-refractivity contribution in [1.82, 2.24) is 4.90 Å². The van der Waals surface area contributed by atoms with Gasteiger partial charge in [-0.3, -0.25) is 0 Å². The van der Waals surface area contributed by atoms with Crippen LogP contribution in [-0.2, 0) is 13.0 Å². The van der Waals surface area contributed by atoms with Crippen LogP contribution < -0.4 is 5.73 Å². The van der Waals surface area contributed by atoms with Crippen LogP contribution in [0.15, 0.2) is 59.1 Å². The fraction of sp³-hybridized carbons (Fsp3) is 0.333. The molecule has 0 amide bonds. The Morgan fingerprint density at radius 1 is 1.00 bits per heavy atom. The zero-order valence-corrected chi connectivity index (χ0v) is 14.1. The molecule has 0 radical (unpaired) electrons. The highest BCUT2D eigenvalue weighted by atomic mass is 79.9. The molecular formula is C18H23BrN2. The van der Waals surface area contributed by atoms with Gasteiger partial charge in [0.05, 0.1) is 0 Å². The summed E-state index contributed by atoms with van der Waals surface area (Å²) in [6.07, 6.45) is 2.07. The number of rotatable bonds is 7. The molecule has 0 aliphatic carbocycles. The van der Waals surface area contributed by atoms with Crippen molar-refractivity contribution in [3.63, 3.8) is 0 Å². The van der Waals surface area contributed by atoms with Crippen molar-refractivity contribution in [2.45, 2.75) is 25.4 Å². The summed E-state index contributed by atoms with van der Waals surface area (Å²) < 4.78 is 1.12. The summed E-state index contributed by atoms with van der Waals surface area (Å²) in [7, 11) is 2.13. The highest BCUT2D eigenvalue weighted by Crippen LogP contribution is 2.12. The lowest BCUT2D eigenvalue weighted by molar-refractivity contribution is 0.297. The SMILES string of the molecule is CN(Cc1ccc(Br)cc1)CC(N)CCc1ccccc1. The summed E-state index contributed by atoms with van der Waals surface area (Å²) >= 11 is 3.46. The molecule has 0 aliphatic rings. The van der Waals surface area contributed by atoms with E-state index in [-0.39, 0.29) is 6.04 Å². The maximum absolute atomic E-state index is 6.25. The number of benzene rings is 2. The average molecular weight is 347 g/mol. The average Bonchev–Trinajstić information content (AvgIpc) is 2.48. The van der Waals surface area contributed by atoms with Crippen molar-refractivity contribution in [3.05, 3.63) is 70.2 Å². The summed E-state index contributed by atoms with van der Waals surface area (Å²) in [6.45, 7) is 1.86. The number of aryl methyl sites for hydroxylation is 1. The van der Waals surface area contributed by atoms with Crippen molar-refractivity contribution >= 4 is 15.9 Å². The minimum Gasteiger partial charge on any atom is -0.327 e. The number of halogens is 1. The minimum absolute atomic E-state index is 0.214. The van der Waals surface area contributed by atoms with Crippen LogP contribution in [0, 0.1) is 0 Å². The molecule has 2 aromatic rings. The zero-order valence-electron chi connectivity index (χ0n) is 12.5. The fourth-order valence-corrected chi connectivity index (χ4v) is 2.72. The van der Waals surface area contributed by atoms with Gasteiger partial charge in [0, 0.05) is 23.6 Å². The smallest absolute Gasteiger partial charge is 0.0231 e. The molecule has 3 heteroatoms. The van der Waals surface area contributed by atoms with E-state index in [4.69, 9.17) is 5.73 Å². The lowest BCUT2D eigenvalue weighted by Gasteiger charge is -2.21. The summed E-state index contributed by atoms with van der Waals surface area (Å²) in [4.78, 5) is 2.29. The van der Waals surface area contributed by atoms with Crippen LogP contribution in [0.25, 0.3) is 0 Å². The van der Waals surface area contributed by atoms with Crippen LogP contribution in [-0.4, -0.2) is 24.5 Å². The molecule has 0 saturated carbocycles. The molecule has 1 atom stereocenters. The first kappa shape index (κ1) is 16.2. The molecule has 0 aromatic heterocycles. The van der Waals surface area contributed by atoms with E-state index in [1.54, 1.807) is 0 Å². The quantitative estimate of drug-likeness (QED) is 0.825. The van der Waals surface area contributed by atoms with Gasteiger partial charge in [-0.25, -0.2) is 0 Å². The molecule has 2 aromatic carbocycles. The highest BCUT2D eigenvalue weighted by molar-refractivity contribution is 9.10. The third-order valence-electron chi connectivity index (χ3n) is 3.56. The molecule has 0 heterocycles. The first-order chi connectivity index (χ1) is 10.1. The van der Waals surface area contributed by atoms with Gasteiger partial charge in [0.2, 0.25) is 0 Å². The van der Waals surface area contributed by atoms with Gasteiger partial charge in [0.25, 0.3) is 0 Å². The maximum atomic E-state index is 6.25. The van der Waals surface area contributed by atoms with Gasteiger partial charge < -0.3 is 10.6 Å². The molecule has 21 heavy (non-hydrogen) atoms. The Morgan fingerprint density at radius 3 is 2.33 bits per heavy atom. The molecular weight excluding hydrogens is 324 g/mol. The molecule has 0 fully saturated rings. The Bertz CT molecular complexity index is 525. The van der Waals surface area contributed by atoms with Gasteiger partial charge in [-0.2, -0.15) is 0 Å². The normalized spacial score (nSPS) is 12.6. The van der Waals surface area contributed by atoms with Crippen LogP contribution in [0.5, 0.6) is 0 Å². The van der Waals surface area contributed by atoms with Gasteiger partial charge in [0.15, 0.2) is 0 Å². The number of hydrogen-bond acceptors (Lipinski definition) is 2. The molecule has 0 saturated heterocycles. The van der Waals surface area contributed by atoms with Gasteiger partial charge in [0.1, 0.15) is 0 Å². The Labute approximate surface area is 136 Å². The van der Waals surface area contributed by atoms with E-state index in [2.05, 4.69) is 82.5 Å². The predicted octanol–water partition coefficient (Wildman–Crippen LogP) is 3.84. The Kier molecular flexibility index (Phi) is 6.43. The van der Waals surface area contributed by atoms with Crippen molar-refractivity contribution < 1.29 is 0 Å². The fourth-order valence-electron chi connectivity index (χ4n) is 2.45. The largest absolute Gasteiger partial charge is 0.327 e. The lowest BCUT2D eigenvalue weighted by atomic mass is 10.1. The second-order valence-electron chi connectivity index (χ2n) is 5.61. The van der Waals surface area contributed by atoms with Crippen LogP contribution in [0.1, 0.15) is 17.5 Å². The second kappa shape index (κ2) is 8.32. The van der Waals surface area contributed by atoms with E-state index in [0.717, 1.165) is 30.4 Å². The molecule has 1 unspecified atom stereocenters. The van der Waals surface area contributed by atoms with E-state index in [9.17, 15) is 0 Å². The molecule has 0 spiro atoms. The topological polar surface area (TPSA) is 29.3 Å². The number of nitrogens with zero attached hydrogens (tertiary/aromatic N) is 1. The summed E-state index contributed by atoms with van der Waals surface area (Å²) in [5, 5.41) is 0. The van der Waals surface area contributed by atoms with Crippen molar-refractivity contribution in [3.8, 4) is 0 Å². The van der Waals surface area contributed by atoms with Crippen LogP contribution in [0.4, 0.5) is 0 Å². The monoisotopic (exact) mass is 346 g/mol. The van der Waals surface area contributed by atoms with E-state index < -0.39 is 0 Å². The van der Waals surface area contributed by atoms with E-state index in [1.807, 2.05) is 0 Å². The van der Waals surface area contributed by atoms with Crippen molar-refractivity contribution in [1.29, 1.82) is 0 Å². The Morgan fingerprint density at radius 2 is 1.67 bits per heavy atom. The molecule has 2 nitrogen and oxygen atoms in total. The van der Waals surface area contributed by atoms with Gasteiger partial charge >= 0.3 is 0 Å². The van der Waals surface area contributed by atoms with Gasteiger partial charge in [-0.15, -0.1) is 0 Å². The number of nitrogens with two attached hydrogens (primary N) is 1. The molecule has 0 aliphatic heterocycles. The lowest BCUT2D eigenvalue weighted by Crippen LogP contribution is -2.35. The molecule has 2 rings (SSSR count). The van der Waals surface area contributed by atoms with Crippen molar-refractivity contribution in [2.24, 2.45) is 5.73 Å². The first-order valence-electron chi connectivity index (χ1n) is 7.36. The summed E-state index contributed by atoms with van der Waals surface area (Å²) in [5.41, 5.74) is 8.93. The third kappa shape index (κ3) is 6.00. The van der Waals surface area contributed by atoms with Crippen LogP contribution >= 0.6 is 15.9 Å². The molecule has 2 N–H and O–H groups in total. The minimum atomic E-state index is 0.214. The number of hydrogen-bond donors (Lipinski definition) is 1. The summed E-state index contributed by atoms with van der Waals surface area (Å²) in [5.74, 6) is 0. The standard InChI is InChI=1S/C18H23BrN2/c1-21(13-16-7-10-17(19)11-8-16)14-18(20)12-9-15-5-3-2-4-6-15/h2-8,10-11,18H,9,12-14,20H2,1H3. The first-order valence-corrected chi connectivity index (χ1v) is 8.15. The Balaban J connectivity index is 1.74. The number of likely N-dealkylation sites (N-methyl/N-ethyl adjacent to an activating group) is 1. The molecule has 112 valence electrons. The third-order valence-corrected chi connectivity index (χ3v) is 4.09. The maximum Gasteiger partial charge on any atom is 0.0231 e. The van der Waals surface area contributed by atoms with E-state index in [0.29, 0.717) is 0 Å². The van der Waals surface area contributed by atoms with Crippen LogP contribution in [0.3, 0.4) is 0 Å². The van der Waals surface area contributed by atoms with Gasteiger partial charge in [-0.05, 0) is 43.1 Å². The molecule has 0 bridgehead atoms. The summed E-state index contributed by atoms with van der Waals surface area (Å²) in [6, 6.07) is 19.2. The van der Waals surface area contributed by atoms with E-state index >= 15 is 0 Å². The van der Waals surface area contributed by atoms with Crippen LogP contribution in [0.2, 0.25) is 0 Å². The van der Waals surface area contributed by atoms with Crippen molar-refractivity contribution in [2.75, 3.05) is 13.6 Å². The van der Waals surface area contributed by atoms with E-state index in [1.165, 1.54) is 11.1 Å². The van der Waals surface area contributed by atoms with Gasteiger partial charge in [-0.1, -0.05) is 58.4 Å².